The lowest BCUT2D eigenvalue weighted by molar-refractivity contribution is -0.136. The van der Waals surface area contributed by atoms with Crippen LogP contribution in [0.4, 0.5) is 5.69 Å². The van der Waals surface area contributed by atoms with Crippen LogP contribution in [0.2, 0.25) is 0 Å². The molecule has 19 heavy (non-hydrogen) atoms. The van der Waals surface area contributed by atoms with Crippen molar-refractivity contribution < 1.29 is 14.6 Å². The Morgan fingerprint density at radius 2 is 2.32 bits per heavy atom. The first-order chi connectivity index (χ1) is 8.99. The van der Waals surface area contributed by atoms with Gasteiger partial charge in [-0.2, -0.15) is 0 Å². The molecule has 1 aromatic heterocycles. The minimum atomic E-state index is -1.27. The monoisotopic (exact) mass is 328 g/mol. The van der Waals surface area contributed by atoms with Crippen molar-refractivity contribution in [3.8, 4) is 5.88 Å². The molecule has 5 nitrogen and oxygen atoms in total. The number of carbonyl (C=O) groups is 1. The van der Waals surface area contributed by atoms with Gasteiger partial charge in [0.1, 0.15) is 10.2 Å². The average Bonchev–Trinajstić information content (AvgIpc) is 3.21. The quantitative estimate of drug-likeness (QED) is 0.814. The molecule has 2 rings (SSSR count). The molecule has 1 fully saturated rings. The molecule has 1 saturated carbocycles. The normalized spacial score (nSPS) is 17.7. The van der Waals surface area contributed by atoms with Crippen molar-refractivity contribution in [3.63, 3.8) is 0 Å². The second-order valence-electron chi connectivity index (χ2n) is 4.73. The highest BCUT2D eigenvalue weighted by Crippen LogP contribution is 2.42. The van der Waals surface area contributed by atoms with Crippen LogP contribution in [0.15, 0.2) is 16.7 Å². The summed E-state index contributed by atoms with van der Waals surface area (Å²) in [5.74, 6) is 0.110. The molecule has 2 N–H and O–H groups in total. The number of aliphatic hydroxyl groups is 1. The fourth-order valence-electron chi connectivity index (χ4n) is 2.08. The van der Waals surface area contributed by atoms with E-state index >= 15 is 0 Å². The summed E-state index contributed by atoms with van der Waals surface area (Å²) in [5.41, 5.74) is -0.723. The number of hydrogen-bond donors (Lipinski definition) is 2. The van der Waals surface area contributed by atoms with Gasteiger partial charge in [-0.05, 0) is 47.2 Å². The average molecular weight is 329 g/mol. The Labute approximate surface area is 120 Å². The maximum atomic E-state index is 12.2. The highest BCUT2D eigenvalue weighted by molar-refractivity contribution is 9.10. The van der Waals surface area contributed by atoms with Gasteiger partial charge in [0.05, 0.1) is 7.11 Å². The molecular formula is C13H17BrN2O3. The SMILES string of the molecule is CCC(O)(C(=O)Nc1cc(Br)nc(OC)c1)C1CC1. The third kappa shape index (κ3) is 3.06. The number of aromatic nitrogens is 1. The number of nitrogens with zero attached hydrogens (tertiary/aromatic N) is 1. The minimum absolute atomic E-state index is 0.0738. The molecule has 1 aromatic rings. The molecule has 1 heterocycles. The molecule has 1 amide bonds. The van der Waals surface area contributed by atoms with Crippen molar-refractivity contribution in [2.75, 3.05) is 12.4 Å². The zero-order valence-corrected chi connectivity index (χ0v) is 12.5. The van der Waals surface area contributed by atoms with Crippen LogP contribution in [0.25, 0.3) is 0 Å². The molecule has 0 saturated heterocycles. The van der Waals surface area contributed by atoms with Crippen LogP contribution < -0.4 is 10.1 Å². The van der Waals surface area contributed by atoms with E-state index in [-0.39, 0.29) is 11.8 Å². The number of anilines is 1. The number of pyridine rings is 1. The van der Waals surface area contributed by atoms with Gasteiger partial charge in [0.2, 0.25) is 5.88 Å². The van der Waals surface area contributed by atoms with E-state index in [1.165, 1.54) is 7.11 Å². The van der Waals surface area contributed by atoms with Crippen LogP contribution in [0.1, 0.15) is 26.2 Å². The number of hydrogen-bond acceptors (Lipinski definition) is 4. The Balaban J connectivity index is 2.16. The van der Waals surface area contributed by atoms with Gasteiger partial charge in [0.15, 0.2) is 0 Å². The number of amides is 1. The maximum absolute atomic E-state index is 12.2. The smallest absolute Gasteiger partial charge is 0.256 e. The van der Waals surface area contributed by atoms with Crippen molar-refractivity contribution in [3.05, 3.63) is 16.7 Å². The second kappa shape index (κ2) is 5.46. The zero-order valence-electron chi connectivity index (χ0n) is 10.9. The van der Waals surface area contributed by atoms with Crippen LogP contribution in [0, 0.1) is 5.92 Å². The Morgan fingerprint density at radius 3 is 2.84 bits per heavy atom. The molecule has 0 aliphatic heterocycles. The summed E-state index contributed by atoms with van der Waals surface area (Å²) in [4.78, 5) is 16.3. The Morgan fingerprint density at radius 1 is 1.63 bits per heavy atom. The van der Waals surface area contributed by atoms with Crippen molar-refractivity contribution in [2.24, 2.45) is 5.92 Å². The van der Waals surface area contributed by atoms with E-state index in [9.17, 15) is 9.90 Å². The number of halogens is 1. The van der Waals surface area contributed by atoms with Crippen LogP contribution in [0.5, 0.6) is 5.88 Å². The number of ether oxygens (including phenoxy) is 1. The third-order valence-electron chi connectivity index (χ3n) is 3.42. The largest absolute Gasteiger partial charge is 0.481 e. The van der Waals surface area contributed by atoms with Crippen LogP contribution >= 0.6 is 15.9 Å². The van der Waals surface area contributed by atoms with E-state index in [1.54, 1.807) is 12.1 Å². The lowest BCUT2D eigenvalue weighted by Crippen LogP contribution is -2.44. The summed E-state index contributed by atoms with van der Waals surface area (Å²) >= 11 is 3.25. The van der Waals surface area contributed by atoms with Gasteiger partial charge in [-0.1, -0.05) is 6.92 Å². The predicted octanol–water partition coefficient (Wildman–Crippen LogP) is 2.34. The van der Waals surface area contributed by atoms with Gasteiger partial charge in [-0.3, -0.25) is 4.79 Å². The lowest BCUT2D eigenvalue weighted by atomic mass is 9.93. The molecule has 1 unspecified atom stereocenters. The summed E-state index contributed by atoms with van der Waals surface area (Å²) in [6, 6.07) is 3.29. The predicted molar refractivity (Wildman–Crippen MR) is 75.1 cm³/mol. The van der Waals surface area contributed by atoms with Crippen molar-refractivity contribution in [1.82, 2.24) is 4.98 Å². The van der Waals surface area contributed by atoms with Crippen molar-refractivity contribution >= 4 is 27.5 Å². The molecule has 0 radical (unpaired) electrons. The van der Waals surface area contributed by atoms with Crippen LogP contribution in [-0.2, 0) is 4.79 Å². The maximum Gasteiger partial charge on any atom is 0.256 e. The highest BCUT2D eigenvalue weighted by atomic mass is 79.9. The van der Waals surface area contributed by atoms with Gasteiger partial charge in [-0.15, -0.1) is 0 Å². The summed E-state index contributed by atoms with van der Waals surface area (Å²) < 4.78 is 5.60. The van der Waals surface area contributed by atoms with Gasteiger partial charge in [0, 0.05) is 11.8 Å². The van der Waals surface area contributed by atoms with E-state index in [0.29, 0.717) is 22.6 Å². The molecule has 0 bridgehead atoms. The summed E-state index contributed by atoms with van der Waals surface area (Å²) in [6.45, 7) is 1.82. The van der Waals surface area contributed by atoms with E-state index in [4.69, 9.17) is 4.74 Å². The first kappa shape index (κ1) is 14.3. The van der Waals surface area contributed by atoms with E-state index in [1.807, 2.05) is 6.92 Å². The highest BCUT2D eigenvalue weighted by Gasteiger charge is 2.48. The Bertz CT molecular complexity index is 491. The van der Waals surface area contributed by atoms with Crippen molar-refractivity contribution in [1.29, 1.82) is 0 Å². The first-order valence-electron chi connectivity index (χ1n) is 6.25. The first-order valence-corrected chi connectivity index (χ1v) is 7.04. The lowest BCUT2D eigenvalue weighted by Gasteiger charge is -2.25. The summed E-state index contributed by atoms with van der Waals surface area (Å²) in [5, 5.41) is 13.1. The topological polar surface area (TPSA) is 71.5 Å². The number of nitrogens with one attached hydrogen (secondary N) is 1. The Hall–Kier alpha value is -1.14. The molecule has 0 spiro atoms. The standard InChI is InChI=1S/C13H17BrN2O3/c1-3-13(18,8-4-5-8)12(17)15-9-6-10(14)16-11(7-9)19-2/h6-8,18H,3-5H2,1-2H3,(H,15,16,17). The molecule has 104 valence electrons. The fraction of sp³-hybridized carbons (Fsp3) is 0.538. The van der Waals surface area contributed by atoms with E-state index in [0.717, 1.165) is 12.8 Å². The van der Waals surface area contributed by atoms with E-state index < -0.39 is 5.60 Å². The van der Waals surface area contributed by atoms with Crippen molar-refractivity contribution in [2.45, 2.75) is 31.8 Å². The molecule has 6 heteroatoms. The number of carbonyl (C=O) groups excluding carboxylic acids is 1. The fourth-order valence-corrected chi connectivity index (χ4v) is 2.51. The molecular weight excluding hydrogens is 312 g/mol. The number of methoxy groups -OCH3 is 1. The second-order valence-corrected chi connectivity index (χ2v) is 5.54. The zero-order chi connectivity index (χ0) is 14.0. The Kier molecular flexibility index (Phi) is 4.10. The molecule has 1 atom stereocenters. The molecule has 0 aromatic carbocycles. The molecule has 1 aliphatic rings. The van der Waals surface area contributed by atoms with E-state index in [2.05, 4.69) is 26.2 Å². The van der Waals surface area contributed by atoms with Gasteiger partial charge in [0.25, 0.3) is 5.91 Å². The van der Waals surface area contributed by atoms with Gasteiger partial charge in [-0.25, -0.2) is 4.98 Å². The summed E-state index contributed by atoms with van der Waals surface area (Å²) in [7, 11) is 1.51. The summed E-state index contributed by atoms with van der Waals surface area (Å²) in [6.07, 6.45) is 2.22. The minimum Gasteiger partial charge on any atom is -0.481 e. The van der Waals surface area contributed by atoms with Gasteiger partial charge >= 0.3 is 0 Å². The third-order valence-corrected chi connectivity index (χ3v) is 3.83. The number of rotatable bonds is 5. The van der Waals surface area contributed by atoms with Crippen LogP contribution in [0.3, 0.4) is 0 Å². The molecule has 1 aliphatic carbocycles. The van der Waals surface area contributed by atoms with Gasteiger partial charge < -0.3 is 15.2 Å². The van der Waals surface area contributed by atoms with Crippen LogP contribution in [-0.4, -0.2) is 28.7 Å².